The molecule has 17 nitrogen and oxygen atoms in total. The highest BCUT2D eigenvalue weighted by molar-refractivity contribution is 7.47. The molecular formula is C85H166O17P2. The lowest BCUT2D eigenvalue weighted by atomic mass is 9.99. The van der Waals surface area contributed by atoms with Crippen molar-refractivity contribution in [2.24, 2.45) is 23.7 Å². The number of carbonyl (C=O) groups excluding carboxylic acids is 4. The lowest BCUT2D eigenvalue weighted by Gasteiger charge is -2.21. The zero-order chi connectivity index (χ0) is 76.7. The van der Waals surface area contributed by atoms with Crippen LogP contribution in [0.5, 0.6) is 0 Å². The molecule has 7 atom stereocenters. The minimum absolute atomic E-state index is 0.106. The molecule has 4 unspecified atom stereocenters. The van der Waals surface area contributed by atoms with E-state index in [1.165, 1.54) is 238 Å². The first-order chi connectivity index (χ1) is 50.2. The first-order valence-corrected chi connectivity index (χ1v) is 46.8. The summed E-state index contributed by atoms with van der Waals surface area (Å²) in [6.45, 7) is 14.3. The fourth-order valence-electron chi connectivity index (χ4n) is 13.1. The smallest absolute Gasteiger partial charge is 0.462 e. The highest BCUT2D eigenvalue weighted by atomic mass is 31.2. The predicted molar refractivity (Wildman–Crippen MR) is 428 cm³/mol. The number of esters is 4. The second kappa shape index (κ2) is 73.8. The maximum atomic E-state index is 13.1. The van der Waals surface area contributed by atoms with Gasteiger partial charge in [-0.25, -0.2) is 9.13 Å². The van der Waals surface area contributed by atoms with Gasteiger partial charge in [-0.2, -0.15) is 0 Å². The second-order valence-corrected chi connectivity index (χ2v) is 34.9. The van der Waals surface area contributed by atoms with E-state index in [1.807, 2.05) is 0 Å². The Balaban J connectivity index is 5.21. The molecular weight excluding hydrogens is 1350 g/mol. The molecule has 0 aliphatic carbocycles. The van der Waals surface area contributed by atoms with Crippen LogP contribution >= 0.6 is 15.6 Å². The second-order valence-electron chi connectivity index (χ2n) is 32.0. The van der Waals surface area contributed by atoms with E-state index in [2.05, 4.69) is 55.4 Å². The molecule has 0 bridgehead atoms. The number of phosphoric ester groups is 2. The third-order valence-electron chi connectivity index (χ3n) is 20.5. The summed E-state index contributed by atoms with van der Waals surface area (Å²) < 4.78 is 68.8. The molecule has 19 heteroatoms. The van der Waals surface area contributed by atoms with Crippen molar-refractivity contribution >= 4 is 39.5 Å². The lowest BCUT2D eigenvalue weighted by molar-refractivity contribution is -0.161. The van der Waals surface area contributed by atoms with Crippen molar-refractivity contribution in [3.63, 3.8) is 0 Å². The molecule has 0 rings (SSSR count). The van der Waals surface area contributed by atoms with Gasteiger partial charge in [0.2, 0.25) is 0 Å². The van der Waals surface area contributed by atoms with Gasteiger partial charge in [0.15, 0.2) is 12.2 Å². The molecule has 0 amide bonds. The van der Waals surface area contributed by atoms with Crippen LogP contribution in [0.2, 0.25) is 0 Å². The summed E-state index contributed by atoms with van der Waals surface area (Å²) in [5, 5.41) is 10.7. The molecule has 0 aliphatic rings. The van der Waals surface area contributed by atoms with E-state index in [0.717, 1.165) is 120 Å². The Morgan fingerprint density at radius 1 is 0.269 bits per heavy atom. The van der Waals surface area contributed by atoms with Gasteiger partial charge in [0, 0.05) is 25.7 Å². The molecule has 0 saturated carbocycles. The van der Waals surface area contributed by atoms with Crippen LogP contribution in [-0.4, -0.2) is 96.7 Å². The molecule has 0 spiro atoms. The third-order valence-corrected chi connectivity index (χ3v) is 22.4. The van der Waals surface area contributed by atoms with E-state index >= 15 is 0 Å². The Morgan fingerprint density at radius 2 is 0.462 bits per heavy atom. The van der Waals surface area contributed by atoms with Crippen LogP contribution in [0.1, 0.15) is 441 Å². The standard InChI is InChI=1S/C85H166O17P2/c1-9-77(7)63-55-47-39-33-27-20-15-13-11-12-14-16-21-28-34-40-49-57-65-82(87)95-71-80(101-84(89)68-60-52-42-36-30-24-23-26-32-38-46-54-62-76(5)6)73-99-103(91,92)97-69-79(86)70-98-104(93,94)100-74-81(72-96-83(88)66-58-50-44-43-48-56-64-78(8)10-2)102-85(90)67-59-51-41-35-29-22-18-17-19-25-31-37-45-53-61-75(3)4/h75-81,86H,9-74H2,1-8H3,(H,91,92)(H,93,94)/t77?,78?,79-,80-,81-/m1/s1. The third kappa shape index (κ3) is 75.5. The zero-order valence-electron chi connectivity index (χ0n) is 68.7. The number of hydrogen-bond acceptors (Lipinski definition) is 15. The van der Waals surface area contributed by atoms with E-state index < -0.39 is 97.5 Å². The monoisotopic (exact) mass is 1520 g/mol. The van der Waals surface area contributed by atoms with Crippen molar-refractivity contribution in [1.82, 2.24) is 0 Å². The Bertz CT molecular complexity index is 2030. The van der Waals surface area contributed by atoms with Crippen molar-refractivity contribution in [1.29, 1.82) is 0 Å². The predicted octanol–water partition coefficient (Wildman–Crippen LogP) is 25.6. The quantitative estimate of drug-likeness (QED) is 0.0222. The maximum Gasteiger partial charge on any atom is 0.472 e. The van der Waals surface area contributed by atoms with Gasteiger partial charge < -0.3 is 33.8 Å². The van der Waals surface area contributed by atoms with Crippen molar-refractivity contribution in [3.05, 3.63) is 0 Å². The minimum Gasteiger partial charge on any atom is -0.462 e. The van der Waals surface area contributed by atoms with Crippen LogP contribution < -0.4 is 0 Å². The average molecular weight is 1520 g/mol. The SMILES string of the molecule is CCC(C)CCCCCCCCCCCCCCCCCCCCC(=O)OC[C@H](COP(=O)(O)OC[C@@H](O)COP(=O)(O)OC[C@@H](COC(=O)CCCCCCCCC(C)CC)OC(=O)CCCCCCCCCCCCCCCCC(C)C)OC(=O)CCCCCCCCCCCCCCC(C)C. The van der Waals surface area contributed by atoms with Crippen molar-refractivity contribution in [2.75, 3.05) is 39.6 Å². The Kier molecular flexibility index (Phi) is 72.5. The van der Waals surface area contributed by atoms with Crippen LogP contribution in [0, 0.1) is 23.7 Å². The van der Waals surface area contributed by atoms with Gasteiger partial charge in [0.1, 0.15) is 19.3 Å². The van der Waals surface area contributed by atoms with E-state index in [9.17, 15) is 43.2 Å². The van der Waals surface area contributed by atoms with Crippen molar-refractivity contribution in [2.45, 2.75) is 459 Å². The first-order valence-electron chi connectivity index (χ1n) is 43.8. The number of phosphoric acid groups is 2. The van der Waals surface area contributed by atoms with Crippen LogP contribution in [0.4, 0.5) is 0 Å². The van der Waals surface area contributed by atoms with Gasteiger partial charge >= 0.3 is 39.5 Å². The molecule has 0 radical (unpaired) electrons. The normalized spacial score (nSPS) is 14.5. The Morgan fingerprint density at radius 3 is 0.683 bits per heavy atom. The van der Waals surface area contributed by atoms with Gasteiger partial charge in [-0.3, -0.25) is 37.3 Å². The van der Waals surface area contributed by atoms with Crippen LogP contribution in [0.25, 0.3) is 0 Å². The summed E-state index contributed by atoms with van der Waals surface area (Å²) in [5.74, 6) is 1.07. The molecule has 0 aliphatic heterocycles. The summed E-state index contributed by atoms with van der Waals surface area (Å²) in [5.41, 5.74) is 0. The highest BCUT2D eigenvalue weighted by Crippen LogP contribution is 2.45. The van der Waals surface area contributed by atoms with Gasteiger partial charge in [0.05, 0.1) is 26.4 Å². The van der Waals surface area contributed by atoms with Crippen LogP contribution in [0.15, 0.2) is 0 Å². The van der Waals surface area contributed by atoms with E-state index in [-0.39, 0.29) is 25.7 Å². The topological polar surface area (TPSA) is 237 Å². The van der Waals surface area contributed by atoms with Crippen molar-refractivity contribution < 1.29 is 80.2 Å². The summed E-state index contributed by atoms with van der Waals surface area (Å²) in [6, 6.07) is 0. The number of hydrogen-bond donors (Lipinski definition) is 3. The molecule has 0 aromatic heterocycles. The largest absolute Gasteiger partial charge is 0.472 e. The molecule has 3 N–H and O–H groups in total. The minimum atomic E-state index is -4.97. The number of rotatable bonds is 82. The number of carbonyl (C=O) groups is 4. The average Bonchev–Trinajstić information content (AvgIpc) is 0.904. The number of ether oxygens (including phenoxy) is 4. The van der Waals surface area contributed by atoms with E-state index in [4.69, 9.17) is 37.0 Å². The molecule has 0 aromatic rings. The van der Waals surface area contributed by atoms with Gasteiger partial charge in [-0.1, -0.05) is 389 Å². The summed E-state index contributed by atoms with van der Waals surface area (Å²) in [7, 11) is -9.93. The zero-order valence-corrected chi connectivity index (χ0v) is 70.5. The molecule has 618 valence electrons. The lowest BCUT2D eigenvalue weighted by Crippen LogP contribution is -2.30. The summed E-state index contributed by atoms with van der Waals surface area (Å²) >= 11 is 0. The molecule has 104 heavy (non-hydrogen) atoms. The summed E-state index contributed by atoms with van der Waals surface area (Å²) in [4.78, 5) is 73.2. The maximum absolute atomic E-state index is 13.1. The molecule has 0 fully saturated rings. The first kappa shape index (κ1) is 102. The number of aliphatic hydroxyl groups is 1. The Labute approximate surface area is 638 Å². The number of aliphatic hydroxyl groups excluding tert-OH is 1. The Hall–Kier alpha value is -1.94. The van der Waals surface area contributed by atoms with Crippen LogP contribution in [-0.2, 0) is 65.4 Å². The van der Waals surface area contributed by atoms with Gasteiger partial charge in [-0.05, 0) is 49.4 Å². The van der Waals surface area contributed by atoms with Gasteiger partial charge in [0.25, 0.3) is 0 Å². The molecule has 0 heterocycles. The number of unbranched alkanes of at least 4 members (excludes halogenated alkanes) is 46. The van der Waals surface area contributed by atoms with Crippen LogP contribution in [0.3, 0.4) is 0 Å². The van der Waals surface area contributed by atoms with E-state index in [1.54, 1.807) is 0 Å². The van der Waals surface area contributed by atoms with Gasteiger partial charge in [-0.15, -0.1) is 0 Å². The molecule has 0 saturated heterocycles. The highest BCUT2D eigenvalue weighted by Gasteiger charge is 2.30. The van der Waals surface area contributed by atoms with Crippen molar-refractivity contribution in [3.8, 4) is 0 Å². The van der Waals surface area contributed by atoms with E-state index in [0.29, 0.717) is 25.7 Å². The fraction of sp³-hybridized carbons (Fsp3) is 0.953. The fourth-order valence-corrected chi connectivity index (χ4v) is 14.7. The summed E-state index contributed by atoms with van der Waals surface area (Å²) in [6.07, 6.45) is 62.5. The molecule has 0 aromatic carbocycles.